The van der Waals surface area contributed by atoms with Crippen molar-refractivity contribution in [3.05, 3.63) is 6.42 Å². The van der Waals surface area contributed by atoms with Gasteiger partial charge in [0, 0.05) is 17.9 Å². The molecule has 7 heteroatoms. The molecule has 0 heterocycles. The number of hydrogen-bond donors (Lipinski definition) is 0. The Kier molecular flexibility index (Phi) is 74.5. The molecule has 0 aromatic carbocycles. The van der Waals surface area contributed by atoms with Crippen LogP contribution in [0.25, 0.3) is 0 Å². The fraction of sp³-hybridized carbons (Fsp3) is 0.922. The van der Waals surface area contributed by atoms with E-state index in [1.165, 1.54) is 212 Å². The zero-order chi connectivity index (χ0) is 43.1. The van der Waals surface area contributed by atoms with Crippen molar-refractivity contribution in [3.63, 3.8) is 0 Å². The van der Waals surface area contributed by atoms with Crippen LogP contribution in [0.15, 0.2) is 0 Å². The van der Waals surface area contributed by atoms with Gasteiger partial charge in [0.25, 0.3) is 0 Å². The normalized spacial score (nSPS) is 10.3. The second kappa shape index (κ2) is 65.3. The van der Waals surface area contributed by atoms with Crippen LogP contribution in [0.3, 0.4) is 0 Å². The summed E-state index contributed by atoms with van der Waals surface area (Å²) in [7, 11) is 0. The van der Waals surface area contributed by atoms with Crippen LogP contribution in [0, 0.1) is 6.42 Å². The van der Waals surface area contributed by atoms with Gasteiger partial charge >= 0.3 is 21.7 Å². The van der Waals surface area contributed by atoms with Gasteiger partial charge in [0.15, 0.2) is 0 Å². The molecule has 6 nitrogen and oxygen atoms in total. The molecule has 0 aliphatic heterocycles. The molecule has 0 N–H and O–H groups in total. The van der Waals surface area contributed by atoms with Crippen LogP contribution < -0.4 is 15.3 Å². The number of hydrogen-bond acceptors (Lipinski definition) is 6. The van der Waals surface area contributed by atoms with Crippen LogP contribution in [0.4, 0.5) is 0 Å². The third-order valence-corrected chi connectivity index (χ3v) is 10.5. The van der Waals surface area contributed by atoms with Gasteiger partial charge < -0.3 is 36.1 Å². The molecule has 0 radical (unpaired) electrons. The van der Waals surface area contributed by atoms with Gasteiger partial charge in [-0.2, -0.15) is 13.8 Å². The molecule has 0 amide bonds. The van der Waals surface area contributed by atoms with Crippen LogP contribution in [-0.2, 0) is 36.1 Å². The van der Waals surface area contributed by atoms with Gasteiger partial charge in [0.1, 0.15) is 0 Å². The maximum absolute atomic E-state index is 10.2. The maximum Gasteiger partial charge on any atom is 4.00 e. The summed E-state index contributed by atoms with van der Waals surface area (Å²) in [5.41, 5.74) is 0. The number of unbranched alkanes of at least 4 members (excludes halogenated alkanes) is 36. The van der Waals surface area contributed by atoms with Gasteiger partial charge in [-0.1, -0.05) is 252 Å². The van der Waals surface area contributed by atoms with E-state index >= 15 is 0 Å². The molecule has 0 unspecified atom stereocenters. The number of carbonyl (C=O) groups excluding carboxylic acids is 3. The van der Waals surface area contributed by atoms with Crippen molar-refractivity contribution < 1.29 is 51.4 Å². The molecule has 0 fully saturated rings. The van der Waals surface area contributed by atoms with E-state index in [1.807, 2.05) is 20.3 Å². The Bertz CT molecular complexity index is 651. The molecular formula is C51H100O6Ti. The van der Waals surface area contributed by atoms with Crippen molar-refractivity contribution in [2.24, 2.45) is 0 Å². The van der Waals surface area contributed by atoms with Crippen molar-refractivity contribution in [2.75, 3.05) is 0 Å². The zero-order valence-electron chi connectivity index (χ0n) is 39.7. The Morgan fingerprint density at radius 1 is 0.276 bits per heavy atom. The van der Waals surface area contributed by atoms with E-state index in [1.54, 1.807) is 0 Å². The summed E-state index contributed by atoms with van der Waals surface area (Å²) in [6, 6.07) is 0. The summed E-state index contributed by atoms with van der Waals surface area (Å²) in [4.78, 5) is 30.6. The minimum absolute atomic E-state index is 0. The monoisotopic (exact) mass is 857 g/mol. The first-order valence-corrected chi connectivity index (χ1v) is 25.1. The van der Waals surface area contributed by atoms with Crippen LogP contribution in [0.1, 0.15) is 304 Å². The Balaban J connectivity index is -0.000000232. The summed E-state index contributed by atoms with van der Waals surface area (Å²) in [5, 5.41) is 30.6. The fourth-order valence-electron chi connectivity index (χ4n) is 6.86. The number of carboxylic acids is 3. The Hall–Kier alpha value is -0.876. The van der Waals surface area contributed by atoms with Crippen LogP contribution in [0.2, 0.25) is 0 Å². The predicted molar refractivity (Wildman–Crippen MR) is 242 cm³/mol. The van der Waals surface area contributed by atoms with Crippen molar-refractivity contribution >= 4 is 17.9 Å². The fourth-order valence-corrected chi connectivity index (χ4v) is 6.86. The first kappa shape index (κ1) is 66.2. The van der Waals surface area contributed by atoms with Gasteiger partial charge in [-0.25, -0.2) is 0 Å². The molecule has 344 valence electrons. The van der Waals surface area contributed by atoms with Gasteiger partial charge in [-0.3, -0.25) is 0 Å². The van der Waals surface area contributed by atoms with E-state index in [-0.39, 0.29) is 41.0 Å². The number of aliphatic carboxylic acids is 3. The molecular weight excluding hydrogens is 756 g/mol. The first-order valence-electron chi connectivity index (χ1n) is 25.1. The summed E-state index contributed by atoms with van der Waals surface area (Å²) in [6.45, 7) is 10.8. The predicted octanol–water partition coefficient (Wildman–Crippen LogP) is 13.9. The minimum atomic E-state index is -0.905. The second-order valence-corrected chi connectivity index (χ2v) is 16.7. The molecule has 0 aromatic heterocycles. The van der Waals surface area contributed by atoms with E-state index in [2.05, 4.69) is 20.8 Å². The zero-order valence-corrected chi connectivity index (χ0v) is 41.3. The third-order valence-electron chi connectivity index (χ3n) is 10.5. The number of carboxylic acid groups (broad SMARTS) is 3. The molecule has 0 saturated heterocycles. The van der Waals surface area contributed by atoms with Gasteiger partial charge in [0.05, 0.1) is 0 Å². The van der Waals surface area contributed by atoms with Gasteiger partial charge in [0.2, 0.25) is 0 Å². The number of carbonyl (C=O) groups is 3. The molecule has 0 atom stereocenters. The molecule has 0 aromatic rings. The smallest absolute Gasteiger partial charge is 0.550 e. The van der Waals surface area contributed by atoms with Crippen molar-refractivity contribution in [1.29, 1.82) is 0 Å². The summed E-state index contributed by atoms with van der Waals surface area (Å²) in [5.74, 6) is -2.71. The SMILES string of the molecule is CCCCCCCCCCCCCCCC(=O)[O-].CCCCCCCCCCCCCCCC(=O)[O-].CCCCCCCCCCCCCCCC(=O)[O-].C[CH-]C.[Ti+4]. The summed E-state index contributed by atoms with van der Waals surface area (Å²) >= 11 is 0. The maximum atomic E-state index is 10.2. The van der Waals surface area contributed by atoms with E-state index < -0.39 is 17.9 Å². The first-order chi connectivity index (χ1) is 27.7. The second-order valence-electron chi connectivity index (χ2n) is 16.7. The van der Waals surface area contributed by atoms with Crippen molar-refractivity contribution in [1.82, 2.24) is 0 Å². The van der Waals surface area contributed by atoms with Crippen molar-refractivity contribution in [2.45, 2.75) is 304 Å². The Labute approximate surface area is 378 Å². The van der Waals surface area contributed by atoms with Gasteiger partial charge in [-0.15, -0.1) is 0 Å². The van der Waals surface area contributed by atoms with Crippen molar-refractivity contribution in [3.8, 4) is 0 Å². The van der Waals surface area contributed by atoms with Crippen LogP contribution >= 0.6 is 0 Å². The average Bonchev–Trinajstić information content (AvgIpc) is 3.17. The standard InChI is InChI=1S/3C16H32O2.C3H7.Ti/c3*1-2-3-4-5-6-7-8-9-10-11-12-13-14-15-16(17)18;1-3-2;/h3*2-15H2,1H3,(H,17,18);3H,1-2H3;/q;;;-1;+4/p-3. The molecule has 0 spiro atoms. The largest absolute Gasteiger partial charge is 4.00 e. The third kappa shape index (κ3) is 82.9. The molecule has 0 saturated carbocycles. The van der Waals surface area contributed by atoms with Crippen LogP contribution in [0.5, 0.6) is 0 Å². The van der Waals surface area contributed by atoms with E-state index in [9.17, 15) is 29.7 Å². The Morgan fingerprint density at radius 2 is 0.379 bits per heavy atom. The molecule has 0 aliphatic rings. The quantitative estimate of drug-likeness (QED) is 0.0342. The molecule has 0 rings (SSSR count). The van der Waals surface area contributed by atoms with E-state index in [0.29, 0.717) is 0 Å². The molecule has 58 heavy (non-hydrogen) atoms. The topological polar surface area (TPSA) is 120 Å². The summed E-state index contributed by atoms with van der Waals surface area (Å²) < 4.78 is 0. The Morgan fingerprint density at radius 3 is 0.483 bits per heavy atom. The van der Waals surface area contributed by atoms with Crippen LogP contribution in [-0.4, -0.2) is 17.9 Å². The van der Waals surface area contributed by atoms with E-state index in [4.69, 9.17) is 0 Å². The summed E-state index contributed by atoms with van der Waals surface area (Å²) in [6.07, 6.45) is 52.8. The van der Waals surface area contributed by atoms with E-state index in [0.717, 1.165) is 38.5 Å². The average molecular weight is 857 g/mol. The number of rotatable bonds is 42. The molecule has 0 bridgehead atoms. The molecule has 0 aliphatic carbocycles. The van der Waals surface area contributed by atoms with Gasteiger partial charge in [-0.05, 0) is 38.5 Å². The minimum Gasteiger partial charge on any atom is -0.550 e.